The van der Waals surface area contributed by atoms with Crippen molar-refractivity contribution in [2.75, 3.05) is 18.1 Å². The normalized spacial score (nSPS) is 19.4. The minimum absolute atomic E-state index is 0.0799. The third-order valence-corrected chi connectivity index (χ3v) is 5.89. The van der Waals surface area contributed by atoms with E-state index >= 15 is 0 Å². The van der Waals surface area contributed by atoms with Crippen molar-refractivity contribution in [2.45, 2.75) is 52.2 Å². The lowest BCUT2D eigenvalue weighted by molar-refractivity contribution is 0.0694. The van der Waals surface area contributed by atoms with Crippen molar-refractivity contribution in [1.82, 2.24) is 4.90 Å². The van der Waals surface area contributed by atoms with E-state index in [0.717, 1.165) is 18.6 Å². The highest BCUT2D eigenvalue weighted by atomic mass is 32.2. The van der Waals surface area contributed by atoms with Gasteiger partial charge in [-0.15, -0.1) is 0 Å². The van der Waals surface area contributed by atoms with Crippen LogP contribution in [0.1, 0.15) is 50.4 Å². The topological polar surface area (TPSA) is 63.7 Å². The smallest absolute Gasteiger partial charge is 0.254 e. The standard InChI is InChI=1S/C18H27NO4S/c1-4-5-11-19(16-10-12-24(21,22)13-16)18(20)15-6-8-17(9-7-15)23-14(2)3/h6-9,14,16H,4-5,10-13H2,1-3H3/t16-/m1/s1. The van der Waals surface area contributed by atoms with Crippen molar-refractivity contribution < 1.29 is 17.9 Å². The Morgan fingerprint density at radius 3 is 2.46 bits per heavy atom. The lowest BCUT2D eigenvalue weighted by Crippen LogP contribution is -2.41. The largest absolute Gasteiger partial charge is 0.491 e. The molecule has 1 saturated heterocycles. The third-order valence-electron chi connectivity index (χ3n) is 4.14. The van der Waals surface area contributed by atoms with Gasteiger partial charge in [0, 0.05) is 18.2 Å². The molecule has 0 bridgehead atoms. The molecule has 0 N–H and O–H groups in total. The molecule has 0 saturated carbocycles. The minimum Gasteiger partial charge on any atom is -0.491 e. The van der Waals surface area contributed by atoms with Gasteiger partial charge in [0.2, 0.25) is 0 Å². The Morgan fingerprint density at radius 2 is 1.96 bits per heavy atom. The van der Waals surface area contributed by atoms with Crippen molar-refractivity contribution in [3.05, 3.63) is 29.8 Å². The summed E-state index contributed by atoms with van der Waals surface area (Å²) in [5, 5.41) is 0. The molecule has 6 heteroatoms. The van der Waals surface area contributed by atoms with Gasteiger partial charge in [0.25, 0.3) is 5.91 Å². The highest BCUT2D eigenvalue weighted by Crippen LogP contribution is 2.22. The van der Waals surface area contributed by atoms with Gasteiger partial charge in [-0.3, -0.25) is 4.79 Å². The van der Waals surface area contributed by atoms with Crippen molar-refractivity contribution in [3.8, 4) is 5.75 Å². The van der Waals surface area contributed by atoms with Gasteiger partial charge in [0.05, 0.1) is 17.6 Å². The van der Waals surface area contributed by atoms with E-state index in [1.54, 1.807) is 29.2 Å². The summed E-state index contributed by atoms with van der Waals surface area (Å²) < 4.78 is 29.1. The maximum Gasteiger partial charge on any atom is 0.254 e. The Labute approximate surface area is 144 Å². The van der Waals surface area contributed by atoms with Crippen LogP contribution in [0.2, 0.25) is 0 Å². The first-order chi connectivity index (χ1) is 11.3. The Bertz CT molecular complexity index is 652. The summed E-state index contributed by atoms with van der Waals surface area (Å²) in [6.45, 7) is 6.56. The fraction of sp³-hybridized carbons (Fsp3) is 0.611. The van der Waals surface area contributed by atoms with Crippen LogP contribution in [0.5, 0.6) is 5.75 Å². The highest BCUT2D eigenvalue weighted by Gasteiger charge is 2.34. The second kappa shape index (κ2) is 8.01. The van der Waals surface area contributed by atoms with Crippen LogP contribution >= 0.6 is 0 Å². The molecule has 0 spiro atoms. The zero-order valence-electron chi connectivity index (χ0n) is 14.7. The molecular weight excluding hydrogens is 326 g/mol. The van der Waals surface area contributed by atoms with E-state index < -0.39 is 9.84 Å². The van der Waals surface area contributed by atoms with Crippen LogP contribution in [0.15, 0.2) is 24.3 Å². The lowest BCUT2D eigenvalue weighted by Gasteiger charge is -2.28. The van der Waals surface area contributed by atoms with Crippen LogP contribution in [0.4, 0.5) is 0 Å². The fourth-order valence-electron chi connectivity index (χ4n) is 2.91. The fourth-order valence-corrected chi connectivity index (χ4v) is 4.64. The number of hydrogen-bond acceptors (Lipinski definition) is 4. The van der Waals surface area contributed by atoms with Crippen LogP contribution in [0, 0.1) is 0 Å². The first-order valence-electron chi connectivity index (χ1n) is 8.60. The maximum absolute atomic E-state index is 12.9. The second-order valence-electron chi connectivity index (χ2n) is 6.60. The molecular formula is C18H27NO4S. The van der Waals surface area contributed by atoms with Gasteiger partial charge >= 0.3 is 0 Å². The molecule has 0 aromatic heterocycles. The van der Waals surface area contributed by atoms with E-state index in [0.29, 0.717) is 18.5 Å². The molecule has 1 fully saturated rings. The Hall–Kier alpha value is -1.56. The van der Waals surface area contributed by atoms with Gasteiger partial charge in [-0.2, -0.15) is 0 Å². The number of rotatable bonds is 7. The molecule has 5 nitrogen and oxygen atoms in total. The van der Waals surface area contributed by atoms with E-state index in [1.807, 2.05) is 13.8 Å². The molecule has 1 heterocycles. The van der Waals surface area contributed by atoms with E-state index in [4.69, 9.17) is 4.74 Å². The summed E-state index contributed by atoms with van der Waals surface area (Å²) in [5.74, 6) is 0.887. The average Bonchev–Trinajstić information content (AvgIpc) is 2.87. The number of carbonyl (C=O) groups excluding carboxylic acids is 1. The van der Waals surface area contributed by atoms with Crippen LogP contribution < -0.4 is 4.74 Å². The predicted molar refractivity (Wildman–Crippen MR) is 95.2 cm³/mol. The number of nitrogens with zero attached hydrogens (tertiary/aromatic N) is 1. The molecule has 0 radical (unpaired) electrons. The minimum atomic E-state index is -3.02. The van der Waals surface area contributed by atoms with Crippen molar-refractivity contribution in [2.24, 2.45) is 0 Å². The first kappa shape index (κ1) is 18.8. The second-order valence-corrected chi connectivity index (χ2v) is 8.83. The molecule has 2 rings (SSSR count). The zero-order valence-corrected chi connectivity index (χ0v) is 15.5. The monoisotopic (exact) mass is 353 g/mol. The van der Waals surface area contributed by atoms with E-state index in [1.165, 1.54) is 0 Å². The van der Waals surface area contributed by atoms with Crippen LogP contribution in [-0.4, -0.2) is 49.4 Å². The van der Waals surface area contributed by atoms with E-state index in [-0.39, 0.29) is 29.6 Å². The number of carbonyl (C=O) groups is 1. The number of benzene rings is 1. The summed E-state index contributed by atoms with van der Waals surface area (Å²) >= 11 is 0. The van der Waals surface area contributed by atoms with Crippen LogP contribution in [0.3, 0.4) is 0 Å². The number of amides is 1. The summed E-state index contributed by atoms with van der Waals surface area (Å²) in [6.07, 6.45) is 2.45. The maximum atomic E-state index is 12.9. The Balaban J connectivity index is 2.15. The number of ether oxygens (including phenoxy) is 1. The molecule has 1 atom stereocenters. The zero-order chi connectivity index (χ0) is 17.7. The Morgan fingerprint density at radius 1 is 1.29 bits per heavy atom. The summed E-state index contributed by atoms with van der Waals surface area (Å²) in [6, 6.07) is 6.87. The number of hydrogen-bond donors (Lipinski definition) is 0. The Kier molecular flexibility index (Phi) is 6.27. The summed E-state index contributed by atoms with van der Waals surface area (Å²) in [5.41, 5.74) is 0.575. The molecule has 1 aromatic rings. The van der Waals surface area contributed by atoms with E-state index in [2.05, 4.69) is 6.92 Å². The summed E-state index contributed by atoms with van der Waals surface area (Å²) in [7, 11) is -3.02. The van der Waals surface area contributed by atoms with Gasteiger partial charge in [0.1, 0.15) is 5.75 Å². The lowest BCUT2D eigenvalue weighted by atomic mass is 10.1. The van der Waals surface area contributed by atoms with Crippen LogP contribution in [0.25, 0.3) is 0 Å². The van der Waals surface area contributed by atoms with Gasteiger partial charge in [0.15, 0.2) is 9.84 Å². The van der Waals surface area contributed by atoms with Crippen molar-refractivity contribution >= 4 is 15.7 Å². The molecule has 134 valence electrons. The van der Waals surface area contributed by atoms with Gasteiger partial charge in [-0.25, -0.2) is 8.42 Å². The summed E-state index contributed by atoms with van der Waals surface area (Å²) in [4.78, 5) is 14.6. The molecule has 0 unspecified atom stereocenters. The third kappa shape index (κ3) is 4.97. The van der Waals surface area contributed by atoms with Gasteiger partial charge in [-0.05, 0) is 51.0 Å². The molecule has 1 aromatic carbocycles. The first-order valence-corrected chi connectivity index (χ1v) is 10.4. The average molecular weight is 353 g/mol. The predicted octanol–water partition coefficient (Wildman–Crippen LogP) is 2.90. The highest BCUT2D eigenvalue weighted by molar-refractivity contribution is 7.91. The number of unbranched alkanes of at least 4 members (excludes halogenated alkanes) is 1. The molecule has 1 aliphatic heterocycles. The molecule has 1 aliphatic rings. The van der Waals surface area contributed by atoms with Crippen LogP contribution in [-0.2, 0) is 9.84 Å². The molecule has 0 aliphatic carbocycles. The SMILES string of the molecule is CCCCN(C(=O)c1ccc(OC(C)C)cc1)[C@@H]1CCS(=O)(=O)C1. The number of sulfone groups is 1. The van der Waals surface area contributed by atoms with E-state index in [9.17, 15) is 13.2 Å². The van der Waals surface area contributed by atoms with Gasteiger partial charge < -0.3 is 9.64 Å². The molecule has 24 heavy (non-hydrogen) atoms. The molecule has 1 amide bonds. The van der Waals surface area contributed by atoms with Crippen molar-refractivity contribution in [3.63, 3.8) is 0 Å². The van der Waals surface area contributed by atoms with Gasteiger partial charge in [-0.1, -0.05) is 13.3 Å². The van der Waals surface area contributed by atoms with Crippen molar-refractivity contribution in [1.29, 1.82) is 0 Å². The quantitative estimate of drug-likeness (QED) is 0.756.